The first kappa shape index (κ1) is 23.3. The first-order chi connectivity index (χ1) is 14.8. The maximum Gasteiger partial charge on any atom is 0.416 e. The van der Waals surface area contributed by atoms with Crippen molar-refractivity contribution >= 4 is 0 Å². The average Bonchev–Trinajstić information content (AvgIpc) is 2.71. The molecule has 0 amide bonds. The molecule has 1 unspecified atom stereocenters. The molecule has 0 N–H and O–H groups in total. The molecule has 166 valence electrons. The quantitative estimate of drug-likeness (QED) is 0.432. The van der Waals surface area contributed by atoms with E-state index in [1.807, 2.05) is 18.2 Å². The fourth-order valence-corrected chi connectivity index (χ4v) is 4.69. The Hall–Kier alpha value is -2.32. The molecule has 1 atom stereocenters. The molecule has 0 bridgehead atoms. The predicted octanol–water partition coefficient (Wildman–Crippen LogP) is 6.96. The second kappa shape index (κ2) is 9.87. The van der Waals surface area contributed by atoms with Crippen LogP contribution in [0.5, 0.6) is 0 Å². The van der Waals surface area contributed by atoms with Gasteiger partial charge in [0.05, 0.1) is 17.0 Å². The Morgan fingerprint density at radius 1 is 1.00 bits per heavy atom. The van der Waals surface area contributed by atoms with Gasteiger partial charge in [0.15, 0.2) is 0 Å². The number of halogens is 3. The molecule has 0 heterocycles. The van der Waals surface area contributed by atoms with Crippen LogP contribution in [0, 0.1) is 17.2 Å². The fraction of sp³-hybridized carbons (Fsp3) is 0.500. The lowest BCUT2D eigenvalue weighted by Crippen LogP contribution is -2.41. The summed E-state index contributed by atoms with van der Waals surface area (Å²) < 4.78 is 41.3. The number of rotatable bonds is 9. The highest BCUT2D eigenvalue weighted by molar-refractivity contribution is 5.42. The van der Waals surface area contributed by atoms with Gasteiger partial charge in [0.2, 0.25) is 0 Å². The van der Waals surface area contributed by atoms with Gasteiger partial charge in [-0.3, -0.25) is 4.90 Å². The topological polar surface area (TPSA) is 27.0 Å². The van der Waals surface area contributed by atoms with Crippen LogP contribution in [-0.2, 0) is 18.1 Å². The van der Waals surface area contributed by atoms with Crippen LogP contribution < -0.4 is 0 Å². The lowest BCUT2D eigenvalue weighted by Gasteiger charge is -2.42. The summed E-state index contributed by atoms with van der Waals surface area (Å²) in [6.45, 7) is 5.80. The van der Waals surface area contributed by atoms with Crippen LogP contribution in [0.4, 0.5) is 13.2 Å². The summed E-state index contributed by atoms with van der Waals surface area (Å²) in [5.74, 6) is -0.0115. The molecule has 1 saturated carbocycles. The number of nitriles is 1. The van der Waals surface area contributed by atoms with Crippen LogP contribution in [-0.4, -0.2) is 17.5 Å². The molecular formula is C26H31F3N2. The lowest BCUT2D eigenvalue weighted by atomic mass is 9.60. The van der Waals surface area contributed by atoms with Crippen LogP contribution in [0.1, 0.15) is 62.6 Å². The van der Waals surface area contributed by atoms with Crippen molar-refractivity contribution in [2.45, 2.75) is 70.1 Å². The second-order valence-corrected chi connectivity index (χ2v) is 8.91. The summed E-state index contributed by atoms with van der Waals surface area (Å²) in [5, 5.41) is 10.2. The van der Waals surface area contributed by atoms with Gasteiger partial charge in [-0.05, 0) is 69.2 Å². The van der Waals surface area contributed by atoms with Crippen molar-refractivity contribution in [3.8, 4) is 6.07 Å². The number of nitrogens with zero attached hydrogens (tertiary/aromatic N) is 2. The van der Waals surface area contributed by atoms with Gasteiger partial charge in [-0.25, -0.2) is 0 Å². The van der Waals surface area contributed by atoms with Crippen molar-refractivity contribution in [3.63, 3.8) is 0 Å². The monoisotopic (exact) mass is 428 g/mol. The van der Waals surface area contributed by atoms with Gasteiger partial charge >= 0.3 is 6.18 Å². The van der Waals surface area contributed by atoms with Crippen LogP contribution in [0.15, 0.2) is 54.6 Å². The third-order valence-electron chi connectivity index (χ3n) is 6.69. The summed E-state index contributed by atoms with van der Waals surface area (Å²) in [7, 11) is 0. The van der Waals surface area contributed by atoms with Gasteiger partial charge in [0.25, 0.3) is 0 Å². The molecular weight excluding hydrogens is 397 g/mol. The SMILES string of the molecule is CC(C)N(CCCC(C#N)(c1ccccc1C(F)(F)F)C1CCC1)Cc1ccccc1. The smallest absolute Gasteiger partial charge is 0.297 e. The van der Waals surface area contributed by atoms with E-state index in [0.717, 1.165) is 38.4 Å². The minimum atomic E-state index is -4.46. The van der Waals surface area contributed by atoms with Gasteiger partial charge < -0.3 is 0 Å². The van der Waals surface area contributed by atoms with Crippen molar-refractivity contribution in [1.82, 2.24) is 4.90 Å². The summed E-state index contributed by atoms with van der Waals surface area (Å²) >= 11 is 0. The van der Waals surface area contributed by atoms with E-state index < -0.39 is 17.2 Å². The Morgan fingerprint density at radius 3 is 2.13 bits per heavy atom. The molecule has 1 aliphatic carbocycles. The summed E-state index contributed by atoms with van der Waals surface area (Å²) in [5.41, 5.74) is -0.369. The summed E-state index contributed by atoms with van der Waals surface area (Å²) in [6.07, 6.45) is -0.718. The first-order valence-corrected chi connectivity index (χ1v) is 11.1. The maximum absolute atomic E-state index is 13.8. The van der Waals surface area contributed by atoms with Gasteiger partial charge in [0, 0.05) is 12.6 Å². The molecule has 0 spiro atoms. The molecule has 0 aromatic heterocycles. The minimum Gasteiger partial charge on any atom is -0.297 e. The first-order valence-electron chi connectivity index (χ1n) is 11.1. The Kier molecular flexibility index (Phi) is 7.43. The van der Waals surface area contributed by atoms with E-state index in [4.69, 9.17) is 0 Å². The fourth-order valence-electron chi connectivity index (χ4n) is 4.69. The second-order valence-electron chi connectivity index (χ2n) is 8.91. The van der Waals surface area contributed by atoms with Crippen molar-refractivity contribution in [3.05, 3.63) is 71.3 Å². The summed E-state index contributed by atoms with van der Waals surface area (Å²) in [4.78, 5) is 2.33. The Labute approximate surface area is 183 Å². The van der Waals surface area contributed by atoms with Crippen molar-refractivity contribution in [1.29, 1.82) is 5.26 Å². The zero-order chi connectivity index (χ0) is 22.5. The third-order valence-corrected chi connectivity index (χ3v) is 6.69. The zero-order valence-corrected chi connectivity index (χ0v) is 18.3. The number of alkyl halides is 3. The van der Waals surface area contributed by atoms with Gasteiger partial charge in [-0.2, -0.15) is 18.4 Å². The largest absolute Gasteiger partial charge is 0.416 e. The molecule has 1 aliphatic rings. The highest BCUT2D eigenvalue weighted by atomic mass is 19.4. The van der Waals surface area contributed by atoms with Gasteiger partial charge in [-0.1, -0.05) is 55.0 Å². The number of hydrogen-bond donors (Lipinski definition) is 0. The number of hydrogen-bond acceptors (Lipinski definition) is 2. The summed E-state index contributed by atoms with van der Waals surface area (Å²) in [6, 6.07) is 18.6. The van der Waals surface area contributed by atoms with Crippen LogP contribution in [0.25, 0.3) is 0 Å². The van der Waals surface area contributed by atoms with Gasteiger partial charge in [-0.15, -0.1) is 0 Å². The lowest BCUT2D eigenvalue weighted by molar-refractivity contribution is -0.139. The molecule has 2 nitrogen and oxygen atoms in total. The molecule has 2 aromatic carbocycles. The molecule has 31 heavy (non-hydrogen) atoms. The predicted molar refractivity (Wildman–Crippen MR) is 117 cm³/mol. The van der Waals surface area contributed by atoms with Gasteiger partial charge in [0.1, 0.15) is 0 Å². The highest BCUT2D eigenvalue weighted by Gasteiger charge is 2.48. The van der Waals surface area contributed by atoms with E-state index in [1.54, 1.807) is 6.07 Å². The van der Waals surface area contributed by atoms with E-state index in [1.165, 1.54) is 17.7 Å². The van der Waals surface area contributed by atoms with E-state index in [9.17, 15) is 18.4 Å². The van der Waals surface area contributed by atoms with E-state index in [-0.39, 0.29) is 11.5 Å². The van der Waals surface area contributed by atoms with Crippen LogP contribution in [0.3, 0.4) is 0 Å². The Bertz CT molecular complexity index is 882. The Morgan fingerprint density at radius 2 is 1.61 bits per heavy atom. The van der Waals surface area contributed by atoms with Crippen molar-refractivity contribution in [2.75, 3.05) is 6.54 Å². The average molecular weight is 429 g/mol. The molecule has 0 radical (unpaired) electrons. The minimum absolute atomic E-state index is 0.0115. The zero-order valence-electron chi connectivity index (χ0n) is 18.3. The van der Waals surface area contributed by atoms with E-state index >= 15 is 0 Å². The molecule has 0 saturated heterocycles. The van der Waals surface area contributed by atoms with E-state index in [0.29, 0.717) is 18.9 Å². The van der Waals surface area contributed by atoms with Crippen molar-refractivity contribution in [2.24, 2.45) is 5.92 Å². The molecule has 3 rings (SSSR count). The Balaban J connectivity index is 1.82. The molecule has 0 aliphatic heterocycles. The molecule has 1 fully saturated rings. The standard InChI is InChI=1S/C26H31F3N2/c1-20(2)31(18-21-10-4-3-5-11-21)17-9-16-25(19-30,22-12-8-13-22)23-14-6-7-15-24(23)26(27,28)29/h3-7,10-11,14-15,20,22H,8-9,12-13,16-18H2,1-2H3. The van der Waals surface area contributed by atoms with Crippen molar-refractivity contribution < 1.29 is 13.2 Å². The molecule has 2 aromatic rings. The van der Waals surface area contributed by atoms with Crippen LogP contribution in [0.2, 0.25) is 0 Å². The van der Waals surface area contributed by atoms with Crippen LogP contribution >= 0.6 is 0 Å². The number of benzene rings is 2. The maximum atomic E-state index is 13.8. The normalized spacial score (nSPS) is 16.7. The van der Waals surface area contributed by atoms with E-state index in [2.05, 4.69) is 36.9 Å². The molecule has 5 heteroatoms. The third kappa shape index (κ3) is 5.30. The highest BCUT2D eigenvalue weighted by Crippen LogP contribution is 2.50.